The van der Waals surface area contributed by atoms with Crippen molar-refractivity contribution in [1.29, 1.82) is 0 Å². The van der Waals surface area contributed by atoms with Crippen molar-refractivity contribution in [2.75, 3.05) is 11.9 Å². The number of hydrogen-bond acceptors (Lipinski definition) is 4. The van der Waals surface area contributed by atoms with Gasteiger partial charge >= 0.3 is 5.76 Å². The molecule has 0 aliphatic heterocycles. The highest BCUT2D eigenvalue weighted by Gasteiger charge is 2.22. The van der Waals surface area contributed by atoms with Crippen LogP contribution in [0.4, 0.5) is 5.69 Å². The Morgan fingerprint density at radius 2 is 2.05 bits per heavy atom. The third kappa shape index (κ3) is 2.38. The second-order valence-electron chi connectivity index (χ2n) is 5.37. The molecule has 1 saturated carbocycles. The molecule has 1 aliphatic rings. The van der Waals surface area contributed by atoms with Crippen molar-refractivity contribution in [1.82, 2.24) is 4.98 Å². The number of rotatable bonds is 2. The van der Waals surface area contributed by atoms with Gasteiger partial charge in [0.2, 0.25) is 0 Å². The number of anilines is 1. The highest BCUT2D eigenvalue weighted by Crippen LogP contribution is 2.27. The SMILES string of the molecule is CN(c1ccc2oc(=O)[nH]c2c1)C1CCC(N)CC1. The van der Waals surface area contributed by atoms with Crippen LogP contribution in [0.2, 0.25) is 0 Å². The third-order valence-electron chi connectivity index (χ3n) is 4.10. The van der Waals surface area contributed by atoms with Crippen LogP contribution in [-0.4, -0.2) is 24.1 Å². The largest absolute Gasteiger partial charge is 0.417 e. The van der Waals surface area contributed by atoms with Gasteiger partial charge in [-0.3, -0.25) is 4.98 Å². The molecule has 1 fully saturated rings. The minimum atomic E-state index is -0.404. The second kappa shape index (κ2) is 4.74. The summed E-state index contributed by atoms with van der Waals surface area (Å²) in [6, 6.07) is 6.68. The Balaban J connectivity index is 1.84. The highest BCUT2D eigenvalue weighted by molar-refractivity contribution is 5.77. The van der Waals surface area contributed by atoms with Gasteiger partial charge in [-0.15, -0.1) is 0 Å². The van der Waals surface area contributed by atoms with Crippen molar-refractivity contribution in [2.24, 2.45) is 5.73 Å². The minimum Gasteiger partial charge on any atom is -0.408 e. The fourth-order valence-electron chi connectivity index (χ4n) is 2.86. The summed E-state index contributed by atoms with van der Waals surface area (Å²) in [6.45, 7) is 0. The molecule has 0 spiro atoms. The fraction of sp³-hybridized carbons (Fsp3) is 0.500. The second-order valence-corrected chi connectivity index (χ2v) is 5.37. The van der Waals surface area contributed by atoms with E-state index in [9.17, 15) is 4.79 Å². The normalized spacial score (nSPS) is 23.7. The van der Waals surface area contributed by atoms with E-state index in [1.54, 1.807) is 0 Å². The van der Waals surface area contributed by atoms with Crippen LogP contribution in [-0.2, 0) is 0 Å². The van der Waals surface area contributed by atoms with Crippen LogP contribution in [0.1, 0.15) is 25.7 Å². The van der Waals surface area contributed by atoms with Gasteiger partial charge in [-0.05, 0) is 43.9 Å². The summed E-state index contributed by atoms with van der Waals surface area (Å²) in [7, 11) is 2.10. The van der Waals surface area contributed by atoms with E-state index in [1.807, 2.05) is 18.2 Å². The molecule has 0 unspecified atom stereocenters. The monoisotopic (exact) mass is 261 g/mol. The Morgan fingerprint density at radius 3 is 2.79 bits per heavy atom. The zero-order valence-corrected chi connectivity index (χ0v) is 11.1. The van der Waals surface area contributed by atoms with E-state index in [1.165, 1.54) is 0 Å². The summed E-state index contributed by atoms with van der Waals surface area (Å²) < 4.78 is 5.02. The van der Waals surface area contributed by atoms with E-state index >= 15 is 0 Å². The molecular formula is C14H19N3O2. The summed E-state index contributed by atoms with van der Waals surface area (Å²) in [5.41, 5.74) is 8.40. The fourth-order valence-corrected chi connectivity index (χ4v) is 2.86. The number of oxazole rings is 1. The smallest absolute Gasteiger partial charge is 0.408 e. The van der Waals surface area contributed by atoms with Crippen molar-refractivity contribution in [3.05, 3.63) is 28.7 Å². The molecule has 19 heavy (non-hydrogen) atoms. The molecule has 0 atom stereocenters. The summed E-state index contributed by atoms with van der Waals surface area (Å²) in [6.07, 6.45) is 4.41. The summed E-state index contributed by atoms with van der Waals surface area (Å²) in [5.74, 6) is -0.404. The standard InChI is InChI=1S/C14H19N3O2/c1-17(10-4-2-9(15)3-5-10)11-6-7-13-12(8-11)16-14(18)19-13/h6-10H,2-5,15H2,1H3,(H,16,18). The molecule has 3 N–H and O–H groups in total. The van der Waals surface area contributed by atoms with Crippen molar-refractivity contribution < 1.29 is 4.42 Å². The molecule has 1 aromatic heterocycles. The molecule has 102 valence electrons. The predicted molar refractivity (Wildman–Crippen MR) is 75.5 cm³/mol. The number of H-pyrrole nitrogens is 1. The molecule has 0 saturated heterocycles. The first kappa shape index (κ1) is 12.3. The van der Waals surface area contributed by atoms with Gasteiger partial charge in [0, 0.05) is 24.8 Å². The number of hydrogen-bond donors (Lipinski definition) is 2. The van der Waals surface area contributed by atoms with Gasteiger partial charge in [0.15, 0.2) is 5.58 Å². The maximum Gasteiger partial charge on any atom is 0.417 e. The van der Waals surface area contributed by atoms with Gasteiger partial charge in [-0.25, -0.2) is 4.79 Å². The van der Waals surface area contributed by atoms with Gasteiger partial charge in [-0.2, -0.15) is 0 Å². The summed E-state index contributed by atoms with van der Waals surface area (Å²) in [4.78, 5) is 16.1. The Bertz CT molecular complexity index is 623. The Kier molecular flexibility index (Phi) is 3.06. The molecule has 1 aliphatic carbocycles. The molecule has 1 heterocycles. The lowest BCUT2D eigenvalue weighted by atomic mass is 9.91. The minimum absolute atomic E-state index is 0.359. The van der Waals surface area contributed by atoms with Gasteiger partial charge in [0.1, 0.15) is 0 Å². The van der Waals surface area contributed by atoms with Gasteiger partial charge in [0.05, 0.1) is 5.52 Å². The maximum absolute atomic E-state index is 11.2. The topological polar surface area (TPSA) is 75.3 Å². The number of aromatic nitrogens is 1. The Morgan fingerprint density at radius 1 is 1.32 bits per heavy atom. The van der Waals surface area contributed by atoms with Crippen molar-refractivity contribution in [2.45, 2.75) is 37.8 Å². The number of nitrogens with zero attached hydrogens (tertiary/aromatic N) is 1. The van der Waals surface area contributed by atoms with Crippen LogP contribution in [0.15, 0.2) is 27.4 Å². The lowest BCUT2D eigenvalue weighted by Crippen LogP contribution is -2.38. The van der Waals surface area contributed by atoms with E-state index in [-0.39, 0.29) is 0 Å². The lowest BCUT2D eigenvalue weighted by molar-refractivity contribution is 0.385. The van der Waals surface area contributed by atoms with E-state index in [0.29, 0.717) is 17.7 Å². The summed E-state index contributed by atoms with van der Waals surface area (Å²) >= 11 is 0. The first-order chi connectivity index (χ1) is 9.13. The number of nitrogens with one attached hydrogen (secondary N) is 1. The average molecular weight is 261 g/mol. The maximum atomic E-state index is 11.2. The molecule has 0 radical (unpaired) electrons. The van der Waals surface area contributed by atoms with Crippen molar-refractivity contribution >= 4 is 16.8 Å². The first-order valence-corrected chi connectivity index (χ1v) is 6.75. The zero-order valence-electron chi connectivity index (χ0n) is 11.1. The van der Waals surface area contributed by atoms with Crippen molar-refractivity contribution in [3.8, 4) is 0 Å². The van der Waals surface area contributed by atoms with Crippen LogP contribution in [0.3, 0.4) is 0 Å². The lowest BCUT2D eigenvalue weighted by Gasteiger charge is -2.35. The third-order valence-corrected chi connectivity index (χ3v) is 4.10. The molecule has 0 amide bonds. The molecule has 3 rings (SSSR count). The van der Waals surface area contributed by atoms with E-state index < -0.39 is 5.76 Å². The average Bonchev–Trinajstić information content (AvgIpc) is 2.77. The number of nitrogens with two attached hydrogens (primary N) is 1. The number of benzene rings is 1. The van der Waals surface area contributed by atoms with Crippen molar-refractivity contribution in [3.63, 3.8) is 0 Å². The van der Waals surface area contributed by atoms with E-state index in [4.69, 9.17) is 10.2 Å². The molecule has 2 aromatic rings. The van der Waals surface area contributed by atoms with Crippen LogP contribution >= 0.6 is 0 Å². The van der Waals surface area contributed by atoms with Gasteiger partial charge in [-0.1, -0.05) is 0 Å². The Hall–Kier alpha value is -1.75. The van der Waals surface area contributed by atoms with Crippen LogP contribution in [0, 0.1) is 0 Å². The summed E-state index contributed by atoms with van der Waals surface area (Å²) in [5, 5.41) is 0. The van der Waals surface area contributed by atoms with Gasteiger partial charge < -0.3 is 15.1 Å². The van der Waals surface area contributed by atoms with Crippen LogP contribution in [0.25, 0.3) is 11.1 Å². The van der Waals surface area contributed by atoms with E-state index in [0.717, 1.165) is 36.9 Å². The highest BCUT2D eigenvalue weighted by atomic mass is 16.4. The molecule has 0 bridgehead atoms. The molecule has 5 heteroatoms. The number of fused-ring (bicyclic) bond motifs is 1. The van der Waals surface area contributed by atoms with Gasteiger partial charge in [0.25, 0.3) is 0 Å². The molecule has 1 aromatic carbocycles. The quantitative estimate of drug-likeness (QED) is 0.864. The molecule has 5 nitrogen and oxygen atoms in total. The van der Waals surface area contributed by atoms with E-state index in [2.05, 4.69) is 16.9 Å². The first-order valence-electron chi connectivity index (χ1n) is 6.75. The number of aromatic amines is 1. The van der Waals surface area contributed by atoms with Crippen LogP contribution in [0.5, 0.6) is 0 Å². The molecular weight excluding hydrogens is 242 g/mol. The van der Waals surface area contributed by atoms with Crippen LogP contribution < -0.4 is 16.4 Å². The zero-order chi connectivity index (χ0) is 13.4. The Labute approximate surface area is 111 Å². The predicted octanol–water partition coefficient (Wildman–Crippen LogP) is 1.83.